The zero-order chi connectivity index (χ0) is 14.0. The van der Waals surface area contributed by atoms with Crippen molar-refractivity contribution in [3.05, 3.63) is 62.3 Å². The summed E-state index contributed by atoms with van der Waals surface area (Å²) in [6, 6.07) is 8.54. The molecule has 0 fully saturated rings. The molecule has 0 bridgehead atoms. The molecule has 0 radical (unpaired) electrons. The topological polar surface area (TPSA) is 29.1 Å². The number of anilines is 1. The van der Waals surface area contributed by atoms with Gasteiger partial charge in [-0.1, -0.05) is 23.2 Å². The fraction of sp³-hybridized carbons (Fsp3) is 0. The molecule has 2 aromatic carbocycles. The Balaban J connectivity index is 2.23. The van der Waals surface area contributed by atoms with Crippen LogP contribution in [0.1, 0.15) is 10.4 Å². The van der Waals surface area contributed by atoms with Crippen LogP contribution in [0.4, 0.5) is 10.1 Å². The normalized spacial score (nSPS) is 10.3. The van der Waals surface area contributed by atoms with E-state index in [1.807, 2.05) is 0 Å². The van der Waals surface area contributed by atoms with Crippen LogP contribution in [-0.4, -0.2) is 5.91 Å². The Kier molecular flexibility index (Phi) is 4.45. The number of carbonyl (C=O) groups is 1. The molecular formula is C13H7BrCl2FNO. The van der Waals surface area contributed by atoms with Crippen molar-refractivity contribution in [2.24, 2.45) is 0 Å². The molecule has 2 rings (SSSR count). The highest BCUT2D eigenvalue weighted by atomic mass is 79.9. The van der Waals surface area contributed by atoms with Gasteiger partial charge in [-0.15, -0.1) is 0 Å². The highest BCUT2D eigenvalue weighted by molar-refractivity contribution is 9.10. The van der Waals surface area contributed by atoms with Crippen LogP contribution in [0.25, 0.3) is 0 Å². The second-order valence-electron chi connectivity index (χ2n) is 3.71. The molecule has 0 heterocycles. The van der Waals surface area contributed by atoms with Gasteiger partial charge in [-0.05, 0) is 52.3 Å². The number of rotatable bonds is 2. The molecule has 1 N–H and O–H groups in total. The van der Waals surface area contributed by atoms with Crippen LogP contribution in [0.2, 0.25) is 10.0 Å². The summed E-state index contributed by atoms with van der Waals surface area (Å²) in [6.07, 6.45) is 0. The van der Waals surface area contributed by atoms with Crippen molar-refractivity contribution >= 4 is 50.7 Å². The molecule has 0 saturated carbocycles. The second kappa shape index (κ2) is 5.90. The zero-order valence-corrected chi connectivity index (χ0v) is 12.5. The molecule has 2 aromatic rings. The fourth-order valence-corrected chi connectivity index (χ4v) is 2.13. The molecule has 0 unspecified atom stereocenters. The number of hydrogen-bond donors (Lipinski definition) is 1. The van der Waals surface area contributed by atoms with Crippen LogP contribution in [0.5, 0.6) is 0 Å². The van der Waals surface area contributed by atoms with Gasteiger partial charge in [-0.3, -0.25) is 4.79 Å². The molecule has 0 aliphatic carbocycles. The summed E-state index contributed by atoms with van der Waals surface area (Å²) in [6.45, 7) is 0. The summed E-state index contributed by atoms with van der Waals surface area (Å²) in [5.74, 6) is -0.817. The lowest BCUT2D eigenvalue weighted by Gasteiger charge is -2.08. The maximum absolute atomic E-state index is 12.9. The van der Waals surface area contributed by atoms with Crippen LogP contribution in [0, 0.1) is 5.82 Å². The highest BCUT2D eigenvalue weighted by Gasteiger charge is 2.10. The Labute approximate surface area is 127 Å². The lowest BCUT2D eigenvalue weighted by atomic mass is 10.2. The lowest BCUT2D eigenvalue weighted by molar-refractivity contribution is 0.102. The third kappa shape index (κ3) is 3.47. The summed E-state index contributed by atoms with van der Waals surface area (Å²) in [4.78, 5) is 12.0. The van der Waals surface area contributed by atoms with Gasteiger partial charge in [-0.2, -0.15) is 0 Å². The van der Waals surface area contributed by atoms with E-state index < -0.39 is 5.82 Å². The van der Waals surface area contributed by atoms with Gasteiger partial charge >= 0.3 is 0 Å². The molecule has 98 valence electrons. The van der Waals surface area contributed by atoms with Gasteiger partial charge in [0.15, 0.2) is 0 Å². The molecule has 0 aromatic heterocycles. The average Bonchev–Trinajstić information content (AvgIpc) is 2.36. The van der Waals surface area contributed by atoms with E-state index in [1.54, 1.807) is 18.2 Å². The smallest absolute Gasteiger partial charge is 0.255 e. The molecule has 0 aliphatic rings. The van der Waals surface area contributed by atoms with E-state index in [-0.39, 0.29) is 10.9 Å². The zero-order valence-electron chi connectivity index (χ0n) is 9.38. The molecular weight excluding hydrogens is 356 g/mol. The van der Waals surface area contributed by atoms with Crippen LogP contribution in [0.15, 0.2) is 40.9 Å². The van der Waals surface area contributed by atoms with Crippen molar-refractivity contribution in [2.45, 2.75) is 0 Å². The number of hydrogen-bond acceptors (Lipinski definition) is 1. The maximum atomic E-state index is 12.9. The van der Waals surface area contributed by atoms with Gasteiger partial charge in [-0.25, -0.2) is 4.39 Å². The van der Waals surface area contributed by atoms with Crippen molar-refractivity contribution < 1.29 is 9.18 Å². The molecule has 0 saturated heterocycles. The summed E-state index contributed by atoms with van der Waals surface area (Å²) in [7, 11) is 0. The summed E-state index contributed by atoms with van der Waals surface area (Å²) in [5.41, 5.74) is 0.760. The van der Waals surface area contributed by atoms with Crippen molar-refractivity contribution in [3.63, 3.8) is 0 Å². The maximum Gasteiger partial charge on any atom is 0.255 e. The Bertz CT molecular complexity index is 649. The van der Waals surface area contributed by atoms with Gasteiger partial charge in [0.1, 0.15) is 5.82 Å². The number of nitrogens with one attached hydrogen (secondary N) is 1. The van der Waals surface area contributed by atoms with Crippen molar-refractivity contribution in [2.75, 3.05) is 5.32 Å². The molecule has 0 atom stereocenters. The third-order valence-electron chi connectivity index (χ3n) is 2.36. The first-order valence-electron chi connectivity index (χ1n) is 5.19. The van der Waals surface area contributed by atoms with Crippen molar-refractivity contribution in [3.8, 4) is 0 Å². The van der Waals surface area contributed by atoms with E-state index in [1.165, 1.54) is 12.1 Å². The predicted octanol–water partition coefficient (Wildman–Crippen LogP) is 5.15. The standard InChI is InChI=1S/C13H7BrCl2FNO/c14-9-5-7(1-3-10(9)15)13(19)18-12-4-2-8(17)6-11(12)16/h1-6H,(H,18,19). The van der Waals surface area contributed by atoms with E-state index >= 15 is 0 Å². The molecule has 2 nitrogen and oxygen atoms in total. The minimum absolute atomic E-state index is 0.140. The van der Waals surface area contributed by atoms with Gasteiger partial charge in [0.2, 0.25) is 0 Å². The van der Waals surface area contributed by atoms with Gasteiger partial charge in [0, 0.05) is 10.0 Å². The molecule has 6 heteroatoms. The fourth-order valence-electron chi connectivity index (χ4n) is 1.42. The highest BCUT2D eigenvalue weighted by Crippen LogP contribution is 2.25. The first kappa shape index (κ1) is 14.3. The van der Waals surface area contributed by atoms with E-state index in [0.717, 1.165) is 6.07 Å². The van der Waals surface area contributed by atoms with Gasteiger partial charge < -0.3 is 5.32 Å². The minimum atomic E-state index is -0.461. The molecule has 0 aliphatic heterocycles. The van der Waals surface area contributed by atoms with E-state index in [2.05, 4.69) is 21.2 Å². The largest absolute Gasteiger partial charge is 0.321 e. The quantitative estimate of drug-likeness (QED) is 0.786. The van der Waals surface area contributed by atoms with Crippen LogP contribution in [-0.2, 0) is 0 Å². The van der Waals surface area contributed by atoms with Gasteiger partial charge in [0.05, 0.1) is 15.7 Å². The minimum Gasteiger partial charge on any atom is -0.321 e. The predicted molar refractivity (Wildman–Crippen MR) is 78.5 cm³/mol. The average molecular weight is 363 g/mol. The number of carbonyl (C=O) groups excluding carboxylic acids is 1. The van der Waals surface area contributed by atoms with Crippen molar-refractivity contribution in [1.29, 1.82) is 0 Å². The second-order valence-corrected chi connectivity index (χ2v) is 5.38. The summed E-state index contributed by atoms with van der Waals surface area (Å²) < 4.78 is 13.5. The van der Waals surface area contributed by atoms with Crippen LogP contribution >= 0.6 is 39.1 Å². The monoisotopic (exact) mass is 361 g/mol. The Morgan fingerprint density at radius 2 is 1.84 bits per heavy atom. The van der Waals surface area contributed by atoms with Crippen molar-refractivity contribution in [1.82, 2.24) is 0 Å². The first-order chi connectivity index (χ1) is 8.97. The van der Waals surface area contributed by atoms with Crippen LogP contribution < -0.4 is 5.32 Å². The molecule has 19 heavy (non-hydrogen) atoms. The summed E-state index contributed by atoms with van der Waals surface area (Å²) in [5, 5.41) is 3.25. The third-order valence-corrected chi connectivity index (χ3v) is 3.89. The van der Waals surface area contributed by atoms with E-state index in [4.69, 9.17) is 23.2 Å². The Morgan fingerprint density at radius 1 is 1.11 bits per heavy atom. The molecule has 1 amide bonds. The lowest BCUT2D eigenvalue weighted by Crippen LogP contribution is -2.12. The van der Waals surface area contributed by atoms with Gasteiger partial charge in [0.25, 0.3) is 5.91 Å². The van der Waals surface area contributed by atoms with E-state index in [0.29, 0.717) is 20.7 Å². The number of benzene rings is 2. The first-order valence-corrected chi connectivity index (χ1v) is 6.74. The van der Waals surface area contributed by atoms with Crippen LogP contribution in [0.3, 0.4) is 0 Å². The SMILES string of the molecule is O=C(Nc1ccc(F)cc1Cl)c1ccc(Cl)c(Br)c1. The Hall–Kier alpha value is -1.10. The summed E-state index contributed by atoms with van der Waals surface area (Å²) >= 11 is 14.9. The molecule has 0 spiro atoms. The Morgan fingerprint density at radius 3 is 2.47 bits per heavy atom. The number of halogens is 4. The van der Waals surface area contributed by atoms with E-state index in [9.17, 15) is 9.18 Å². The number of amides is 1.